The van der Waals surface area contributed by atoms with Crippen LogP contribution in [0.4, 0.5) is 5.69 Å². The van der Waals surface area contributed by atoms with E-state index < -0.39 is 16.0 Å². The van der Waals surface area contributed by atoms with E-state index in [0.29, 0.717) is 11.6 Å². The maximum absolute atomic E-state index is 12.1. The van der Waals surface area contributed by atoms with Gasteiger partial charge in [0.05, 0.1) is 10.5 Å². The molecule has 0 spiro atoms. The van der Waals surface area contributed by atoms with Gasteiger partial charge in [0.1, 0.15) is 0 Å². The standard InChI is InChI=1S/C14H22N2O4S/c1-9(2)10(3)15-13-7-6-11(8-12(13)14(17)18)21(19,20)16(4)5/h6-10,15H,1-5H3,(H,17,18). The molecular formula is C14H22N2O4S. The highest BCUT2D eigenvalue weighted by Crippen LogP contribution is 2.23. The number of hydrogen-bond donors (Lipinski definition) is 2. The maximum Gasteiger partial charge on any atom is 0.337 e. The molecule has 0 saturated heterocycles. The summed E-state index contributed by atoms with van der Waals surface area (Å²) in [4.78, 5) is 11.3. The fraction of sp³-hybridized carbons (Fsp3) is 0.500. The van der Waals surface area contributed by atoms with Crippen molar-refractivity contribution in [2.75, 3.05) is 19.4 Å². The first-order valence-corrected chi connectivity index (χ1v) is 8.07. The first-order chi connectivity index (χ1) is 9.57. The molecule has 118 valence electrons. The van der Waals surface area contributed by atoms with Crippen LogP contribution in [0, 0.1) is 5.92 Å². The van der Waals surface area contributed by atoms with Gasteiger partial charge in [0.25, 0.3) is 0 Å². The Morgan fingerprint density at radius 3 is 2.24 bits per heavy atom. The predicted octanol–water partition coefficient (Wildman–Crippen LogP) is 2.09. The lowest BCUT2D eigenvalue weighted by molar-refractivity contribution is 0.0697. The normalized spacial score (nSPS) is 13.5. The molecule has 0 amide bonds. The molecule has 21 heavy (non-hydrogen) atoms. The Bertz CT molecular complexity index is 624. The molecule has 1 unspecified atom stereocenters. The van der Waals surface area contributed by atoms with E-state index in [1.54, 1.807) is 0 Å². The Morgan fingerprint density at radius 2 is 1.81 bits per heavy atom. The molecule has 1 aromatic carbocycles. The molecule has 0 heterocycles. The molecule has 0 aromatic heterocycles. The van der Waals surface area contributed by atoms with E-state index in [2.05, 4.69) is 5.32 Å². The summed E-state index contributed by atoms with van der Waals surface area (Å²) in [6.07, 6.45) is 0. The minimum atomic E-state index is -3.65. The van der Waals surface area contributed by atoms with Crippen LogP contribution in [0.25, 0.3) is 0 Å². The van der Waals surface area contributed by atoms with Crippen molar-refractivity contribution in [3.63, 3.8) is 0 Å². The molecule has 2 N–H and O–H groups in total. The molecule has 0 aliphatic carbocycles. The van der Waals surface area contributed by atoms with Gasteiger partial charge in [-0.05, 0) is 31.0 Å². The third-order valence-electron chi connectivity index (χ3n) is 3.38. The average molecular weight is 314 g/mol. The Labute approximate surface area is 125 Å². The molecule has 0 aliphatic rings. The third-order valence-corrected chi connectivity index (χ3v) is 5.19. The van der Waals surface area contributed by atoms with Crippen molar-refractivity contribution < 1.29 is 18.3 Å². The van der Waals surface area contributed by atoms with Crippen molar-refractivity contribution in [2.24, 2.45) is 5.92 Å². The summed E-state index contributed by atoms with van der Waals surface area (Å²) < 4.78 is 25.2. The van der Waals surface area contributed by atoms with Gasteiger partial charge in [0, 0.05) is 25.8 Å². The van der Waals surface area contributed by atoms with Crippen LogP contribution in [0.3, 0.4) is 0 Å². The zero-order valence-corrected chi connectivity index (χ0v) is 13.7. The summed E-state index contributed by atoms with van der Waals surface area (Å²) >= 11 is 0. The highest BCUT2D eigenvalue weighted by atomic mass is 32.2. The Balaban J connectivity index is 3.30. The van der Waals surface area contributed by atoms with Gasteiger partial charge in [0.15, 0.2) is 0 Å². The van der Waals surface area contributed by atoms with E-state index in [0.717, 1.165) is 4.31 Å². The molecule has 1 atom stereocenters. The van der Waals surface area contributed by atoms with Crippen LogP contribution >= 0.6 is 0 Å². The third kappa shape index (κ3) is 3.95. The summed E-state index contributed by atoms with van der Waals surface area (Å²) in [5.41, 5.74) is 0.367. The number of hydrogen-bond acceptors (Lipinski definition) is 4. The second-order valence-corrected chi connectivity index (χ2v) is 7.63. The van der Waals surface area contributed by atoms with Crippen LogP contribution in [0.1, 0.15) is 31.1 Å². The van der Waals surface area contributed by atoms with Gasteiger partial charge in [-0.2, -0.15) is 0 Å². The van der Waals surface area contributed by atoms with Crippen LogP contribution in [0.5, 0.6) is 0 Å². The van der Waals surface area contributed by atoms with Crippen LogP contribution in [0.2, 0.25) is 0 Å². The van der Waals surface area contributed by atoms with Crippen molar-refractivity contribution >= 4 is 21.7 Å². The van der Waals surface area contributed by atoms with E-state index in [1.165, 1.54) is 32.3 Å². The minimum absolute atomic E-state index is 0.0346. The largest absolute Gasteiger partial charge is 0.478 e. The monoisotopic (exact) mass is 314 g/mol. The van der Waals surface area contributed by atoms with Crippen molar-refractivity contribution in [2.45, 2.75) is 31.7 Å². The molecule has 0 saturated carbocycles. The van der Waals surface area contributed by atoms with Gasteiger partial charge in [0.2, 0.25) is 10.0 Å². The van der Waals surface area contributed by atoms with Gasteiger partial charge in [-0.1, -0.05) is 13.8 Å². The van der Waals surface area contributed by atoms with Crippen molar-refractivity contribution in [1.82, 2.24) is 4.31 Å². The van der Waals surface area contributed by atoms with Crippen LogP contribution in [-0.4, -0.2) is 43.9 Å². The molecular weight excluding hydrogens is 292 g/mol. The first kappa shape index (κ1) is 17.5. The fourth-order valence-electron chi connectivity index (χ4n) is 1.61. The second kappa shape index (κ2) is 6.44. The molecule has 1 aromatic rings. The number of nitrogens with zero attached hydrogens (tertiary/aromatic N) is 1. The van der Waals surface area contributed by atoms with Crippen LogP contribution < -0.4 is 5.32 Å². The number of aromatic carboxylic acids is 1. The number of carboxylic acids is 1. The fourth-order valence-corrected chi connectivity index (χ4v) is 2.54. The van der Waals surface area contributed by atoms with Crippen molar-refractivity contribution in [3.8, 4) is 0 Å². The highest BCUT2D eigenvalue weighted by molar-refractivity contribution is 7.89. The van der Waals surface area contributed by atoms with Gasteiger partial charge in [-0.3, -0.25) is 0 Å². The van der Waals surface area contributed by atoms with Crippen molar-refractivity contribution in [3.05, 3.63) is 23.8 Å². The minimum Gasteiger partial charge on any atom is -0.478 e. The Morgan fingerprint density at radius 1 is 1.24 bits per heavy atom. The molecule has 0 fully saturated rings. The maximum atomic E-state index is 12.1. The molecule has 0 bridgehead atoms. The number of nitrogens with one attached hydrogen (secondary N) is 1. The number of benzene rings is 1. The van der Waals surface area contributed by atoms with E-state index in [-0.39, 0.29) is 16.5 Å². The SMILES string of the molecule is CC(C)C(C)Nc1ccc(S(=O)(=O)N(C)C)cc1C(=O)O. The molecule has 0 radical (unpaired) electrons. The summed E-state index contributed by atoms with van der Waals surface area (Å²) in [6, 6.07) is 4.17. The Hall–Kier alpha value is -1.60. The molecule has 1 rings (SSSR count). The van der Waals surface area contributed by atoms with E-state index in [1.807, 2.05) is 20.8 Å². The first-order valence-electron chi connectivity index (χ1n) is 6.63. The van der Waals surface area contributed by atoms with E-state index >= 15 is 0 Å². The predicted molar refractivity (Wildman–Crippen MR) is 82.2 cm³/mol. The summed E-state index contributed by atoms with van der Waals surface area (Å²) in [5.74, 6) is -0.846. The number of carbonyl (C=O) groups is 1. The zero-order chi connectivity index (χ0) is 16.4. The number of carboxylic acid groups (broad SMARTS) is 1. The summed E-state index contributed by atoms with van der Waals surface area (Å²) in [6.45, 7) is 5.98. The number of rotatable bonds is 6. The van der Waals surface area contributed by atoms with Crippen molar-refractivity contribution in [1.29, 1.82) is 0 Å². The van der Waals surface area contributed by atoms with Gasteiger partial charge >= 0.3 is 5.97 Å². The molecule has 7 heteroatoms. The van der Waals surface area contributed by atoms with Gasteiger partial charge in [-0.25, -0.2) is 17.5 Å². The summed E-state index contributed by atoms with van der Waals surface area (Å²) in [7, 11) is -0.841. The van der Waals surface area contributed by atoms with Gasteiger partial charge in [-0.15, -0.1) is 0 Å². The molecule has 0 aliphatic heterocycles. The lowest BCUT2D eigenvalue weighted by Crippen LogP contribution is -2.24. The summed E-state index contributed by atoms with van der Waals surface area (Å²) in [5, 5.41) is 12.4. The number of sulfonamides is 1. The number of anilines is 1. The smallest absolute Gasteiger partial charge is 0.337 e. The lowest BCUT2D eigenvalue weighted by atomic mass is 10.1. The topological polar surface area (TPSA) is 86.7 Å². The van der Waals surface area contributed by atoms with Crippen LogP contribution in [-0.2, 0) is 10.0 Å². The van der Waals surface area contributed by atoms with Gasteiger partial charge < -0.3 is 10.4 Å². The average Bonchev–Trinajstić information content (AvgIpc) is 2.38. The highest BCUT2D eigenvalue weighted by Gasteiger charge is 2.21. The van der Waals surface area contributed by atoms with E-state index in [9.17, 15) is 18.3 Å². The molecule has 6 nitrogen and oxygen atoms in total. The second-order valence-electron chi connectivity index (χ2n) is 5.48. The quantitative estimate of drug-likeness (QED) is 0.839. The van der Waals surface area contributed by atoms with Crippen LogP contribution in [0.15, 0.2) is 23.1 Å². The Kier molecular flexibility index (Phi) is 5.36. The zero-order valence-electron chi connectivity index (χ0n) is 12.9. The lowest BCUT2D eigenvalue weighted by Gasteiger charge is -2.21. The van der Waals surface area contributed by atoms with E-state index in [4.69, 9.17) is 0 Å².